The monoisotopic (exact) mass is 271 g/mol. The van der Waals surface area contributed by atoms with Crippen LogP contribution in [0.4, 0.5) is 8.78 Å². The summed E-state index contributed by atoms with van der Waals surface area (Å²) in [7, 11) is 0. The van der Waals surface area contributed by atoms with Crippen molar-refractivity contribution in [2.45, 2.75) is 13.3 Å². The number of halogens is 2. The molecular weight excluding hydrogens is 256 g/mol. The molecule has 0 aliphatic heterocycles. The molecule has 4 nitrogen and oxygen atoms in total. The molecule has 6 heteroatoms. The Morgan fingerprint density at radius 3 is 2.79 bits per heavy atom. The normalized spacial score (nSPS) is 10.1. The minimum atomic E-state index is -1.27. The van der Waals surface area contributed by atoms with Crippen LogP contribution in [0.3, 0.4) is 0 Å². The Kier molecular flexibility index (Phi) is 5.95. The average molecular weight is 271 g/mol. The van der Waals surface area contributed by atoms with Crippen LogP contribution in [-0.4, -0.2) is 19.1 Å². The first kappa shape index (κ1) is 15.1. The Morgan fingerprint density at radius 1 is 1.42 bits per heavy atom. The molecule has 1 N–H and O–H groups in total. The van der Waals surface area contributed by atoms with E-state index in [-0.39, 0.29) is 19.0 Å². The topological polar surface area (TPSA) is 47.6 Å². The molecule has 0 heterocycles. The zero-order valence-corrected chi connectivity index (χ0v) is 10.5. The number of hydrogen-bond donors (Lipinski definition) is 1. The summed E-state index contributed by atoms with van der Waals surface area (Å²) in [5.41, 5.74) is 1.57. The molecule has 0 spiro atoms. The molecule has 0 radical (unpaired) electrons. The van der Waals surface area contributed by atoms with Gasteiger partial charge in [0.2, 0.25) is 5.82 Å². The number of hydrogen-bond acceptors (Lipinski definition) is 3. The van der Waals surface area contributed by atoms with Gasteiger partial charge in [0, 0.05) is 0 Å². The van der Waals surface area contributed by atoms with Gasteiger partial charge >= 0.3 is 0 Å². The molecule has 0 saturated carbocycles. The first-order valence-electron chi connectivity index (χ1n) is 5.75. The first-order valence-corrected chi connectivity index (χ1v) is 5.75. The highest BCUT2D eigenvalue weighted by atomic mass is 19.2. The number of amides is 1. The van der Waals surface area contributed by atoms with Crippen molar-refractivity contribution in [2.24, 2.45) is 0 Å². The number of nitrogens with one attached hydrogen (secondary N) is 1. The first-order chi connectivity index (χ1) is 9.11. The van der Waals surface area contributed by atoms with E-state index in [0.29, 0.717) is 6.42 Å². The van der Waals surface area contributed by atoms with Crippen molar-refractivity contribution in [3.63, 3.8) is 0 Å². The van der Waals surface area contributed by atoms with Gasteiger partial charge in [-0.15, -0.1) is 6.58 Å². The highest BCUT2D eigenvalue weighted by Gasteiger charge is 2.19. The number of rotatable bonds is 7. The minimum Gasteiger partial charge on any atom is -0.491 e. The van der Waals surface area contributed by atoms with Gasteiger partial charge in [-0.1, -0.05) is 6.08 Å². The molecule has 19 heavy (non-hydrogen) atoms. The van der Waals surface area contributed by atoms with E-state index in [9.17, 15) is 13.6 Å². The van der Waals surface area contributed by atoms with E-state index in [2.05, 4.69) is 6.58 Å². The SMILES string of the molecule is C=CCCONC(=O)c1ccc(OCC)c(F)c1F. The number of ether oxygens (including phenoxy) is 1. The Morgan fingerprint density at radius 2 is 2.16 bits per heavy atom. The molecule has 0 aromatic heterocycles. The van der Waals surface area contributed by atoms with Gasteiger partial charge in [0.05, 0.1) is 18.8 Å². The second-order valence-corrected chi connectivity index (χ2v) is 3.53. The molecule has 1 rings (SSSR count). The molecular formula is C13H15F2NO3. The molecule has 1 amide bonds. The van der Waals surface area contributed by atoms with Crippen molar-refractivity contribution in [3.8, 4) is 5.75 Å². The fourth-order valence-electron chi connectivity index (χ4n) is 1.29. The molecule has 0 aliphatic rings. The van der Waals surface area contributed by atoms with E-state index < -0.39 is 23.1 Å². The van der Waals surface area contributed by atoms with E-state index in [1.54, 1.807) is 13.0 Å². The predicted molar refractivity (Wildman–Crippen MR) is 65.8 cm³/mol. The zero-order valence-electron chi connectivity index (χ0n) is 10.5. The lowest BCUT2D eigenvalue weighted by molar-refractivity contribution is 0.0326. The van der Waals surface area contributed by atoms with Gasteiger partial charge in [0.1, 0.15) is 0 Å². The van der Waals surface area contributed by atoms with E-state index in [1.807, 2.05) is 5.48 Å². The second-order valence-electron chi connectivity index (χ2n) is 3.53. The standard InChI is InChI=1S/C13H15F2NO3/c1-3-5-8-19-16-13(17)9-6-7-10(18-4-2)12(15)11(9)14/h3,6-7H,1,4-5,8H2,2H3,(H,16,17). The molecule has 104 valence electrons. The van der Waals surface area contributed by atoms with Gasteiger partial charge in [-0.3, -0.25) is 9.63 Å². The van der Waals surface area contributed by atoms with E-state index in [4.69, 9.17) is 9.57 Å². The third-order valence-electron chi connectivity index (χ3n) is 2.18. The molecule has 0 bridgehead atoms. The summed E-state index contributed by atoms with van der Waals surface area (Å²) in [5.74, 6) is -3.55. The van der Waals surface area contributed by atoms with Gasteiger partial charge in [-0.25, -0.2) is 9.87 Å². The summed E-state index contributed by atoms with van der Waals surface area (Å²) in [6.45, 7) is 5.52. The van der Waals surface area contributed by atoms with Crippen LogP contribution in [0.15, 0.2) is 24.8 Å². The van der Waals surface area contributed by atoms with Gasteiger partial charge in [0.15, 0.2) is 11.6 Å². The van der Waals surface area contributed by atoms with Crippen molar-refractivity contribution < 1.29 is 23.1 Å². The van der Waals surface area contributed by atoms with Gasteiger partial charge in [0.25, 0.3) is 5.91 Å². The fraction of sp³-hybridized carbons (Fsp3) is 0.308. The van der Waals surface area contributed by atoms with Crippen molar-refractivity contribution >= 4 is 5.91 Å². The van der Waals surface area contributed by atoms with Gasteiger partial charge in [-0.05, 0) is 25.5 Å². The lowest BCUT2D eigenvalue weighted by Crippen LogP contribution is -2.25. The molecule has 0 saturated heterocycles. The molecule has 1 aromatic carbocycles. The van der Waals surface area contributed by atoms with Crippen LogP contribution in [0.1, 0.15) is 23.7 Å². The fourth-order valence-corrected chi connectivity index (χ4v) is 1.29. The van der Waals surface area contributed by atoms with Crippen molar-refractivity contribution in [1.29, 1.82) is 0 Å². The summed E-state index contributed by atoms with van der Waals surface area (Å²) < 4.78 is 32.0. The molecule has 0 unspecified atom stereocenters. The maximum Gasteiger partial charge on any atom is 0.277 e. The summed E-state index contributed by atoms with van der Waals surface area (Å²) in [5, 5.41) is 0. The maximum absolute atomic E-state index is 13.6. The number of carbonyl (C=O) groups excluding carboxylic acids is 1. The van der Waals surface area contributed by atoms with Crippen molar-refractivity contribution in [1.82, 2.24) is 5.48 Å². The Labute approximate surface area is 110 Å². The highest BCUT2D eigenvalue weighted by Crippen LogP contribution is 2.22. The number of benzene rings is 1. The van der Waals surface area contributed by atoms with Gasteiger partial charge < -0.3 is 4.74 Å². The zero-order chi connectivity index (χ0) is 14.3. The minimum absolute atomic E-state index is 0.201. The third-order valence-corrected chi connectivity index (χ3v) is 2.18. The Hall–Kier alpha value is -1.95. The Bertz CT molecular complexity index is 463. The summed E-state index contributed by atoms with van der Waals surface area (Å²) in [6.07, 6.45) is 2.13. The quantitative estimate of drug-likeness (QED) is 0.471. The second kappa shape index (κ2) is 7.48. The van der Waals surface area contributed by atoms with Crippen LogP contribution < -0.4 is 10.2 Å². The largest absolute Gasteiger partial charge is 0.491 e. The number of hydroxylamine groups is 1. The predicted octanol–water partition coefficient (Wildman–Crippen LogP) is 2.60. The van der Waals surface area contributed by atoms with Crippen LogP contribution in [0, 0.1) is 11.6 Å². The van der Waals surface area contributed by atoms with Crippen LogP contribution >= 0.6 is 0 Å². The summed E-state index contributed by atoms with van der Waals surface area (Å²) >= 11 is 0. The van der Waals surface area contributed by atoms with E-state index in [0.717, 1.165) is 6.07 Å². The van der Waals surface area contributed by atoms with Crippen LogP contribution in [0.5, 0.6) is 5.75 Å². The Balaban J connectivity index is 2.75. The molecule has 0 atom stereocenters. The lowest BCUT2D eigenvalue weighted by atomic mass is 10.2. The van der Waals surface area contributed by atoms with Crippen LogP contribution in [0.2, 0.25) is 0 Å². The molecule has 0 fully saturated rings. The van der Waals surface area contributed by atoms with Gasteiger partial charge in [-0.2, -0.15) is 4.39 Å². The lowest BCUT2D eigenvalue weighted by Gasteiger charge is -2.09. The molecule has 0 aliphatic carbocycles. The third kappa shape index (κ3) is 4.03. The van der Waals surface area contributed by atoms with Crippen LogP contribution in [0.25, 0.3) is 0 Å². The smallest absolute Gasteiger partial charge is 0.277 e. The van der Waals surface area contributed by atoms with E-state index in [1.165, 1.54) is 6.07 Å². The molecule has 1 aromatic rings. The van der Waals surface area contributed by atoms with E-state index >= 15 is 0 Å². The van der Waals surface area contributed by atoms with Crippen molar-refractivity contribution in [3.05, 3.63) is 42.0 Å². The highest BCUT2D eigenvalue weighted by molar-refractivity contribution is 5.93. The van der Waals surface area contributed by atoms with Crippen LogP contribution in [-0.2, 0) is 4.84 Å². The number of carbonyl (C=O) groups is 1. The maximum atomic E-state index is 13.6. The average Bonchev–Trinajstić information content (AvgIpc) is 2.40. The van der Waals surface area contributed by atoms with Crippen molar-refractivity contribution in [2.75, 3.05) is 13.2 Å². The summed E-state index contributed by atoms with van der Waals surface area (Å²) in [4.78, 5) is 16.3. The summed E-state index contributed by atoms with van der Waals surface area (Å²) in [6, 6.07) is 2.33.